The molecule has 0 spiro atoms. The van der Waals surface area contributed by atoms with Gasteiger partial charge in [-0.15, -0.1) is 21.5 Å². The topological polar surface area (TPSA) is 52.8 Å². The minimum Gasteiger partial charge on any atom is -0.482 e. The highest BCUT2D eigenvalue weighted by atomic mass is 32.2. The third-order valence-electron chi connectivity index (χ3n) is 5.48. The summed E-state index contributed by atoms with van der Waals surface area (Å²) in [4.78, 5) is 4.81. The van der Waals surface area contributed by atoms with Crippen molar-refractivity contribution in [3.05, 3.63) is 76.1 Å². The molecule has 166 valence electrons. The van der Waals surface area contributed by atoms with Gasteiger partial charge in [-0.1, -0.05) is 53.7 Å². The molecule has 2 aromatic heterocycles. The molecule has 0 amide bonds. The summed E-state index contributed by atoms with van der Waals surface area (Å²) in [5, 5.41) is 13.0. The van der Waals surface area contributed by atoms with Crippen LogP contribution in [0.25, 0.3) is 10.6 Å². The van der Waals surface area contributed by atoms with Gasteiger partial charge < -0.3 is 9.30 Å². The van der Waals surface area contributed by atoms with E-state index in [0.29, 0.717) is 0 Å². The van der Waals surface area contributed by atoms with E-state index in [1.54, 1.807) is 23.1 Å². The summed E-state index contributed by atoms with van der Waals surface area (Å²) >= 11 is 3.34. The largest absolute Gasteiger partial charge is 0.482 e. The Morgan fingerprint density at radius 3 is 2.59 bits per heavy atom. The zero-order valence-electron chi connectivity index (χ0n) is 19.1. The molecular weight excluding hydrogens is 436 g/mol. The van der Waals surface area contributed by atoms with Crippen LogP contribution in [0.1, 0.15) is 48.2 Å². The quantitative estimate of drug-likeness (QED) is 0.269. The van der Waals surface area contributed by atoms with Gasteiger partial charge in [0.05, 0.1) is 5.69 Å². The Kier molecular flexibility index (Phi) is 6.96. The van der Waals surface area contributed by atoms with Gasteiger partial charge in [-0.2, -0.15) is 0 Å². The first kappa shape index (κ1) is 22.6. The van der Waals surface area contributed by atoms with Crippen LogP contribution in [0.15, 0.2) is 53.0 Å². The van der Waals surface area contributed by atoms with Crippen molar-refractivity contribution in [2.45, 2.75) is 58.2 Å². The molecule has 0 aliphatic heterocycles. The van der Waals surface area contributed by atoms with Crippen LogP contribution in [-0.2, 0) is 12.3 Å². The summed E-state index contributed by atoms with van der Waals surface area (Å²) in [7, 11) is 0. The summed E-state index contributed by atoms with van der Waals surface area (Å²) in [5.74, 6) is 2.49. The highest BCUT2D eigenvalue weighted by molar-refractivity contribution is 7.98. The molecule has 0 N–H and O–H groups in total. The van der Waals surface area contributed by atoms with E-state index in [9.17, 15) is 0 Å². The summed E-state index contributed by atoms with van der Waals surface area (Å²) in [6.45, 7) is 11.2. The normalized spacial score (nSPS) is 12.2. The molecule has 0 aliphatic rings. The van der Waals surface area contributed by atoms with Crippen LogP contribution in [0, 0.1) is 20.8 Å². The second-order valence-electron chi connectivity index (χ2n) is 7.84. The third kappa shape index (κ3) is 4.89. The van der Waals surface area contributed by atoms with Crippen LogP contribution in [-0.4, -0.2) is 19.7 Å². The highest BCUT2D eigenvalue weighted by Crippen LogP contribution is 2.30. The molecule has 0 radical (unpaired) electrons. The van der Waals surface area contributed by atoms with Crippen molar-refractivity contribution in [2.24, 2.45) is 0 Å². The van der Waals surface area contributed by atoms with Gasteiger partial charge in [0, 0.05) is 23.2 Å². The van der Waals surface area contributed by atoms with Gasteiger partial charge in [-0.3, -0.25) is 0 Å². The summed E-state index contributed by atoms with van der Waals surface area (Å²) in [6, 6.07) is 14.6. The van der Waals surface area contributed by atoms with Gasteiger partial charge in [-0.05, 0) is 51.8 Å². The molecule has 1 unspecified atom stereocenters. The van der Waals surface area contributed by atoms with Crippen LogP contribution in [0.3, 0.4) is 0 Å². The number of thiazole rings is 1. The maximum atomic E-state index is 6.25. The molecule has 0 fully saturated rings. The maximum Gasteiger partial charge on any atom is 0.191 e. The zero-order valence-corrected chi connectivity index (χ0v) is 20.8. The smallest absolute Gasteiger partial charge is 0.191 e. The Morgan fingerprint density at radius 2 is 1.84 bits per heavy atom. The Labute approximate surface area is 197 Å². The fraction of sp³-hybridized carbons (Fsp3) is 0.320. The summed E-state index contributed by atoms with van der Waals surface area (Å²) < 4.78 is 8.38. The molecule has 0 aliphatic carbocycles. The fourth-order valence-corrected chi connectivity index (χ4v) is 5.27. The number of ether oxygens (including phenoxy) is 1. The SMILES string of the molecule is CCn1c(SCc2csc(-c3ccc(C)cc3)n2)nnc1C(C)Oc1cccc(C)c1C. The lowest BCUT2D eigenvalue weighted by Crippen LogP contribution is -2.12. The number of benzene rings is 2. The van der Waals surface area contributed by atoms with Gasteiger partial charge in [-0.25, -0.2) is 4.98 Å². The molecule has 4 rings (SSSR count). The molecule has 2 heterocycles. The van der Waals surface area contributed by atoms with E-state index in [1.807, 2.05) is 19.1 Å². The Balaban J connectivity index is 1.45. The number of rotatable bonds is 8. The number of hydrogen-bond acceptors (Lipinski definition) is 6. The molecule has 4 aromatic rings. The van der Waals surface area contributed by atoms with Gasteiger partial charge in [0.15, 0.2) is 17.1 Å². The Hall–Kier alpha value is -2.64. The first-order chi connectivity index (χ1) is 15.5. The lowest BCUT2D eigenvalue weighted by molar-refractivity contribution is 0.208. The first-order valence-electron chi connectivity index (χ1n) is 10.8. The molecule has 0 saturated heterocycles. The number of nitrogens with zero attached hydrogens (tertiary/aromatic N) is 4. The average Bonchev–Trinajstić information content (AvgIpc) is 3.42. The van der Waals surface area contributed by atoms with Gasteiger partial charge >= 0.3 is 0 Å². The van der Waals surface area contributed by atoms with Gasteiger partial charge in [0.2, 0.25) is 0 Å². The van der Waals surface area contributed by atoms with E-state index in [0.717, 1.165) is 50.9 Å². The Bertz CT molecular complexity index is 1200. The van der Waals surface area contributed by atoms with Crippen molar-refractivity contribution in [3.63, 3.8) is 0 Å². The molecule has 0 saturated carbocycles. The number of hydrogen-bond donors (Lipinski definition) is 0. The lowest BCUT2D eigenvalue weighted by atomic mass is 10.1. The van der Waals surface area contributed by atoms with E-state index >= 15 is 0 Å². The molecule has 1 atom stereocenters. The lowest BCUT2D eigenvalue weighted by Gasteiger charge is -2.17. The van der Waals surface area contributed by atoms with Crippen LogP contribution in [0.4, 0.5) is 0 Å². The van der Waals surface area contributed by atoms with Crippen LogP contribution >= 0.6 is 23.1 Å². The van der Waals surface area contributed by atoms with Crippen molar-refractivity contribution in [3.8, 4) is 16.3 Å². The molecule has 0 bridgehead atoms. The molecule has 5 nitrogen and oxygen atoms in total. The van der Waals surface area contributed by atoms with Crippen LogP contribution in [0.5, 0.6) is 5.75 Å². The van der Waals surface area contributed by atoms with E-state index in [1.165, 1.54) is 11.1 Å². The van der Waals surface area contributed by atoms with Crippen molar-refractivity contribution in [1.29, 1.82) is 0 Å². The van der Waals surface area contributed by atoms with Crippen molar-refractivity contribution in [1.82, 2.24) is 19.7 Å². The van der Waals surface area contributed by atoms with Crippen molar-refractivity contribution < 1.29 is 4.74 Å². The van der Waals surface area contributed by atoms with E-state index < -0.39 is 0 Å². The predicted octanol–water partition coefficient (Wildman–Crippen LogP) is 6.78. The summed E-state index contributed by atoms with van der Waals surface area (Å²) in [5.41, 5.74) is 5.85. The van der Waals surface area contributed by atoms with Crippen LogP contribution in [0.2, 0.25) is 0 Å². The third-order valence-corrected chi connectivity index (χ3v) is 7.42. The maximum absolute atomic E-state index is 6.25. The second-order valence-corrected chi connectivity index (χ2v) is 9.64. The molecule has 2 aromatic carbocycles. The van der Waals surface area contributed by atoms with E-state index in [-0.39, 0.29) is 6.10 Å². The average molecular weight is 465 g/mol. The standard InChI is InChI=1S/C25H28N4OS2/c1-6-29-23(19(5)30-22-9-7-8-17(3)18(22)4)27-28-25(29)32-15-21-14-31-24(26-21)20-12-10-16(2)11-13-20/h7-14,19H,6,15H2,1-5H3. The second kappa shape index (κ2) is 9.88. The fourth-order valence-electron chi connectivity index (χ4n) is 3.44. The van der Waals surface area contributed by atoms with Gasteiger partial charge in [0.25, 0.3) is 0 Å². The van der Waals surface area contributed by atoms with Crippen LogP contribution < -0.4 is 4.74 Å². The number of thioether (sulfide) groups is 1. The Morgan fingerprint density at radius 1 is 1.06 bits per heavy atom. The minimum atomic E-state index is -0.190. The van der Waals surface area contributed by atoms with Gasteiger partial charge in [0.1, 0.15) is 10.8 Å². The van der Waals surface area contributed by atoms with E-state index in [4.69, 9.17) is 9.72 Å². The number of aryl methyl sites for hydroxylation is 2. The monoisotopic (exact) mass is 464 g/mol. The highest BCUT2D eigenvalue weighted by Gasteiger charge is 2.20. The molecule has 32 heavy (non-hydrogen) atoms. The van der Waals surface area contributed by atoms with Crippen molar-refractivity contribution >= 4 is 23.1 Å². The molecular formula is C25H28N4OS2. The number of aromatic nitrogens is 4. The van der Waals surface area contributed by atoms with Crippen molar-refractivity contribution in [2.75, 3.05) is 0 Å². The first-order valence-corrected chi connectivity index (χ1v) is 12.6. The zero-order chi connectivity index (χ0) is 22.7. The summed E-state index contributed by atoms with van der Waals surface area (Å²) in [6.07, 6.45) is -0.190. The minimum absolute atomic E-state index is 0.190. The predicted molar refractivity (Wildman–Crippen MR) is 133 cm³/mol. The van der Waals surface area contributed by atoms with E-state index in [2.05, 4.69) is 78.2 Å². The molecule has 7 heteroatoms.